The summed E-state index contributed by atoms with van der Waals surface area (Å²) in [4.78, 5) is 2.45. The van der Waals surface area contributed by atoms with Crippen LogP contribution in [0.2, 0.25) is 0 Å². The number of nitrogens with zero attached hydrogens (tertiary/aromatic N) is 1. The summed E-state index contributed by atoms with van der Waals surface area (Å²) in [5.41, 5.74) is 14.4. The Labute approximate surface area is 357 Å². The molecular formula is C58H37NOS. The van der Waals surface area contributed by atoms with E-state index >= 15 is 0 Å². The predicted octanol–water partition coefficient (Wildman–Crippen LogP) is 17.2. The van der Waals surface area contributed by atoms with Crippen molar-refractivity contribution in [3.05, 3.63) is 224 Å². The Balaban J connectivity index is 1.07. The van der Waals surface area contributed by atoms with Gasteiger partial charge in [0.2, 0.25) is 0 Å². The second kappa shape index (κ2) is 14.5. The smallest absolute Gasteiger partial charge is 0.136 e. The molecule has 0 N–H and O–H groups in total. The van der Waals surface area contributed by atoms with Gasteiger partial charge in [-0.1, -0.05) is 176 Å². The van der Waals surface area contributed by atoms with E-state index in [0.717, 1.165) is 55.7 Å². The molecule has 2 nitrogen and oxygen atoms in total. The number of hydrogen-bond acceptors (Lipinski definition) is 3. The number of hydrogen-bond donors (Lipinski definition) is 0. The summed E-state index contributed by atoms with van der Waals surface area (Å²) in [6, 6.07) is 81.3. The highest BCUT2D eigenvalue weighted by atomic mass is 32.1. The van der Waals surface area contributed by atoms with Crippen molar-refractivity contribution in [3.8, 4) is 44.5 Å². The number of fused-ring (bicyclic) bond motifs is 7. The summed E-state index contributed by atoms with van der Waals surface area (Å²) in [5.74, 6) is 0. The van der Waals surface area contributed by atoms with Gasteiger partial charge in [-0.25, -0.2) is 0 Å². The lowest BCUT2D eigenvalue weighted by Gasteiger charge is -2.30. The van der Waals surface area contributed by atoms with E-state index in [1.807, 2.05) is 17.4 Å². The number of rotatable bonds is 7. The van der Waals surface area contributed by atoms with Gasteiger partial charge >= 0.3 is 0 Å². The SMILES string of the molecule is c1ccc(-c2cccc3ccccc23)c(-c2ccccc2N(c2ccc(-c3ccc4c(c3)sc3ccccc34)cc2)c2ccccc2-c2cccc3oc4ccccc4c23)c1. The van der Waals surface area contributed by atoms with Crippen LogP contribution in [-0.4, -0.2) is 0 Å². The standard InChI is InChI=1S/C58H37NOS/c1-2-17-42-39(15-1)16-13-24-43(42)44-18-3-4-19-45(44)46-20-5-9-26-52(46)59(41-34-31-38(32-35-41)40-33-36-49-48-22-8-12-30-56(48)61-57(49)37-40)53-27-10-6-21-47(53)50-25-14-29-55-58(50)51-23-7-11-28-54(51)60-55/h1-37H. The highest BCUT2D eigenvalue weighted by Gasteiger charge is 2.24. The van der Waals surface area contributed by atoms with E-state index in [-0.39, 0.29) is 0 Å². The molecule has 0 spiro atoms. The maximum atomic E-state index is 6.43. The van der Waals surface area contributed by atoms with Crippen molar-refractivity contribution in [1.29, 1.82) is 0 Å². The minimum Gasteiger partial charge on any atom is -0.456 e. The van der Waals surface area contributed by atoms with Crippen molar-refractivity contribution in [2.24, 2.45) is 0 Å². The Morgan fingerprint density at radius 1 is 0.328 bits per heavy atom. The van der Waals surface area contributed by atoms with Gasteiger partial charge in [0.05, 0.1) is 11.4 Å². The molecule has 0 aliphatic carbocycles. The number of anilines is 3. The zero-order chi connectivity index (χ0) is 40.3. The second-order valence-corrected chi connectivity index (χ2v) is 16.7. The van der Waals surface area contributed by atoms with Crippen LogP contribution in [0.3, 0.4) is 0 Å². The predicted molar refractivity (Wildman–Crippen MR) is 261 cm³/mol. The normalized spacial score (nSPS) is 11.6. The Kier molecular flexibility index (Phi) is 8.39. The number of para-hydroxylation sites is 3. The quantitative estimate of drug-likeness (QED) is 0.160. The maximum absolute atomic E-state index is 6.43. The van der Waals surface area contributed by atoms with Crippen molar-refractivity contribution < 1.29 is 4.42 Å². The average molecular weight is 796 g/mol. The third kappa shape index (κ3) is 5.93. The van der Waals surface area contributed by atoms with E-state index in [9.17, 15) is 0 Å². The number of thiophene rings is 1. The molecule has 2 aromatic heterocycles. The first-order valence-electron chi connectivity index (χ1n) is 20.7. The molecular weight excluding hydrogens is 759 g/mol. The molecule has 0 unspecified atom stereocenters. The summed E-state index contributed by atoms with van der Waals surface area (Å²) >= 11 is 1.86. The fourth-order valence-corrected chi connectivity index (χ4v) is 10.5. The minimum absolute atomic E-state index is 0.879. The first-order chi connectivity index (χ1) is 30.3. The molecule has 0 saturated carbocycles. The van der Waals surface area contributed by atoms with Gasteiger partial charge in [-0.3, -0.25) is 0 Å². The average Bonchev–Trinajstić information content (AvgIpc) is 3.90. The Morgan fingerprint density at radius 2 is 0.852 bits per heavy atom. The fraction of sp³-hybridized carbons (Fsp3) is 0. The molecule has 2 heterocycles. The van der Waals surface area contributed by atoms with E-state index in [0.29, 0.717) is 0 Å². The van der Waals surface area contributed by atoms with Crippen LogP contribution < -0.4 is 4.90 Å². The summed E-state index contributed by atoms with van der Waals surface area (Å²) in [7, 11) is 0. The van der Waals surface area contributed by atoms with Gasteiger partial charge in [0.1, 0.15) is 11.2 Å². The minimum atomic E-state index is 0.879. The monoisotopic (exact) mass is 795 g/mol. The highest BCUT2D eigenvalue weighted by molar-refractivity contribution is 7.25. The third-order valence-electron chi connectivity index (χ3n) is 12.1. The molecule has 0 radical (unpaired) electrons. The lowest BCUT2D eigenvalue weighted by atomic mass is 9.90. The molecule has 286 valence electrons. The Hall–Kier alpha value is -7.72. The molecule has 0 aliphatic heterocycles. The van der Waals surface area contributed by atoms with Crippen LogP contribution in [0, 0.1) is 0 Å². The summed E-state index contributed by atoms with van der Waals surface area (Å²) in [6.45, 7) is 0. The topological polar surface area (TPSA) is 16.4 Å². The van der Waals surface area contributed by atoms with Crippen LogP contribution in [0.4, 0.5) is 17.1 Å². The van der Waals surface area contributed by atoms with Gasteiger partial charge in [0, 0.05) is 47.8 Å². The van der Waals surface area contributed by atoms with Gasteiger partial charge in [-0.2, -0.15) is 0 Å². The van der Waals surface area contributed by atoms with Crippen molar-refractivity contribution in [1.82, 2.24) is 0 Å². The Bertz CT molecular complexity index is 3610. The van der Waals surface area contributed by atoms with Gasteiger partial charge in [-0.05, 0) is 92.7 Å². The lowest BCUT2D eigenvalue weighted by Crippen LogP contribution is -2.12. The molecule has 0 amide bonds. The molecule has 12 rings (SSSR count). The fourth-order valence-electron chi connectivity index (χ4n) is 9.32. The van der Waals surface area contributed by atoms with E-state index < -0.39 is 0 Å². The summed E-state index contributed by atoms with van der Waals surface area (Å²) < 4.78 is 9.06. The zero-order valence-corrected chi connectivity index (χ0v) is 33.9. The van der Waals surface area contributed by atoms with Crippen molar-refractivity contribution in [2.45, 2.75) is 0 Å². The van der Waals surface area contributed by atoms with Crippen LogP contribution in [0.5, 0.6) is 0 Å². The second-order valence-electron chi connectivity index (χ2n) is 15.6. The molecule has 10 aromatic carbocycles. The van der Waals surface area contributed by atoms with Crippen LogP contribution in [-0.2, 0) is 0 Å². The van der Waals surface area contributed by atoms with Gasteiger partial charge in [0.25, 0.3) is 0 Å². The van der Waals surface area contributed by atoms with Crippen molar-refractivity contribution in [3.63, 3.8) is 0 Å². The van der Waals surface area contributed by atoms with E-state index in [2.05, 4.69) is 223 Å². The highest BCUT2D eigenvalue weighted by Crippen LogP contribution is 2.49. The van der Waals surface area contributed by atoms with Gasteiger partial charge in [-0.15, -0.1) is 11.3 Å². The van der Waals surface area contributed by atoms with Crippen molar-refractivity contribution in [2.75, 3.05) is 4.90 Å². The van der Waals surface area contributed by atoms with E-state index in [4.69, 9.17) is 4.42 Å². The first-order valence-corrected chi connectivity index (χ1v) is 21.6. The van der Waals surface area contributed by atoms with Crippen molar-refractivity contribution >= 4 is 81.3 Å². The molecule has 3 heteroatoms. The van der Waals surface area contributed by atoms with Gasteiger partial charge < -0.3 is 9.32 Å². The first kappa shape index (κ1) is 35.2. The molecule has 12 aromatic rings. The molecule has 0 bridgehead atoms. The number of benzene rings is 10. The molecule has 0 saturated heterocycles. The van der Waals surface area contributed by atoms with Crippen LogP contribution >= 0.6 is 11.3 Å². The largest absolute Gasteiger partial charge is 0.456 e. The molecule has 0 aliphatic rings. The lowest BCUT2D eigenvalue weighted by molar-refractivity contribution is 0.669. The molecule has 0 fully saturated rings. The summed E-state index contributed by atoms with van der Waals surface area (Å²) in [5, 5.41) is 7.32. The van der Waals surface area contributed by atoms with Crippen LogP contribution in [0.1, 0.15) is 0 Å². The Morgan fingerprint density at radius 3 is 1.66 bits per heavy atom. The summed E-state index contributed by atoms with van der Waals surface area (Å²) in [6.07, 6.45) is 0. The van der Waals surface area contributed by atoms with E-state index in [1.165, 1.54) is 58.8 Å². The van der Waals surface area contributed by atoms with Gasteiger partial charge in [0.15, 0.2) is 0 Å². The maximum Gasteiger partial charge on any atom is 0.136 e. The molecule has 0 atom stereocenters. The third-order valence-corrected chi connectivity index (χ3v) is 13.3. The molecule has 61 heavy (non-hydrogen) atoms. The van der Waals surface area contributed by atoms with Crippen LogP contribution in [0.25, 0.3) is 97.4 Å². The number of furan rings is 1. The van der Waals surface area contributed by atoms with E-state index in [1.54, 1.807) is 0 Å². The van der Waals surface area contributed by atoms with Crippen LogP contribution in [0.15, 0.2) is 229 Å². The zero-order valence-electron chi connectivity index (χ0n) is 33.1.